The zero-order valence-corrected chi connectivity index (χ0v) is 21.9. The predicted molar refractivity (Wildman–Crippen MR) is 139 cm³/mol. The largest absolute Gasteiger partial charge is 0.488 e. The van der Waals surface area contributed by atoms with Gasteiger partial charge in [-0.25, -0.2) is 4.99 Å². The quantitative estimate of drug-likeness (QED) is 0.210. The summed E-state index contributed by atoms with van der Waals surface area (Å²) in [5.74, 6) is 1.99. The van der Waals surface area contributed by atoms with Gasteiger partial charge >= 0.3 is 0 Å². The van der Waals surface area contributed by atoms with Gasteiger partial charge in [0, 0.05) is 44.6 Å². The first-order valence-corrected chi connectivity index (χ1v) is 11.8. The van der Waals surface area contributed by atoms with E-state index in [-0.39, 0.29) is 30.1 Å². The molecule has 0 saturated carbocycles. The number of carbonyl (C=O) groups is 1. The molecule has 2 saturated heterocycles. The molecular formula is C24H39IN4O3. The summed E-state index contributed by atoms with van der Waals surface area (Å²) >= 11 is 0. The zero-order valence-electron chi connectivity index (χ0n) is 19.5. The van der Waals surface area contributed by atoms with Crippen LogP contribution in [0.25, 0.3) is 0 Å². The number of halogens is 1. The molecule has 1 unspecified atom stereocenters. The normalized spacial score (nSPS) is 19.3. The highest BCUT2D eigenvalue weighted by molar-refractivity contribution is 14.0. The lowest BCUT2D eigenvalue weighted by Gasteiger charge is -2.21. The molecule has 3 rings (SSSR count). The van der Waals surface area contributed by atoms with E-state index >= 15 is 0 Å². The fourth-order valence-electron chi connectivity index (χ4n) is 3.95. The lowest BCUT2D eigenvalue weighted by molar-refractivity contribution is -0.130. The Morgan fingerprint density at radius 3 is 2.94 bits per heavy atom. The summed E-state index contributed by atoms with van der Waals surface area (Å²) < 4.78 is 11.6. The third-order valence-corrected chi connectivity index (χ3v) is 5.72. The third-order valence-electron chi connectivity index (χ3n) is 5.72. The fourth-order valence-corrected chi connectivity index (χ4v) is 3.95. The number of rotatable bonds is 9. The second-order valence-electron chi connectivity index (χ2n) is 8.38. The first-order valence-electron chi connectivity index (χ1n) is 11.8. The van der Waals surface area contributed by atoms with Gasteiger partial charge in [-0.05, 0) is 44.7 Å². The smallest absolute Gasteiger partial charge is 0.222 e. The number of hydrogen-bond donors (Lipinski definition) is 2. The number of guanidine groups is 1. The molecule has 32 heavy (non-hydrogen) atoms. The minimum absolute atomic E-state index is 0. The molecule has 1 aromatic rings. The van der Waals surface area contributed by atoms with Crippen LogP contribution in [0.15, 0.2) is 23.2 Å². The van der Waals surface area contributed by atoms with Crippen molar-refractivity contribution < 1.29 is 14.3 Å². The summed E-state index contributed by atoms with van der Waals surface area (Å²) in [6, 6.07) is 6.28. The third kappa shape index (κ3) is 8.77. The van der Waals surface area contributed by atoms with Crippen LogP contribution in [0, 0.1) is 6.92 Å². The van der Waals surface area contributed by atoms with E-state index in [4.69, 9.17) is 14.5 Å². The zero-order chi connectivity index (χ0) is 21.9. The van der Waals surface area contributed by atoms with Crippen molar-refractivity contribution in [3.8, 4) is 5.75 Å². The van der Waals surface area contributed by atoms with Gasteiger partial charge in [0.1, 0.15) is 11.9 Å². The number of amides is 1. The SMILES string of the molecule is CCNC(=NCc1ccc(C)cc1OC1CCOC1)NCCCN1CCCCCC1=O.I. The van der Waals surface area contributed by atoms with Crippen LogP contribution in [0.3, 0.4) is 0 Å². The van der Waals surface area contributed by atoms with Crippen LogP contribution in [0.4, 0.5) is 0 Å². The molecule has 0 spiro atoms. The lowest BCUT2D eigenvalue weighted by atomic mass is 10.1. The molecule has 8 heteroatoms. The summed E-state index contributed by atoms with van der Waals surface area (Å²) in [6.45, 7) is 9.39. The predicted octanol–water partition coefficient (Wildman–Crippen LogP) is 3.63. The molecule has 7 nitrogen and oxygen atoms in total. The first-order chi connectivity index (χ1) is 15.2. The number of ether oxygens (including phenoxy) is 2. The van der Waals surface area contributed by atoms with Crippen molar-refractivity contribution in [1.29, 1.82) is 0 Å². The monoisotopic (exact) mass is 558 g/mol. The molecule has 2 N–H and O–H groups in total. The summed E-state index contributed by atoms with van der Waals surface area (Å²) in [7, 11) is 0. The topological polar surface area (TPSA) is 75.2 Å². The van der Waals surface area contributed by atoms with Gasteiger partial charge in [-0.15, -0.1) is 24.0 Å². The van der Waals surface area contributed by atoms with Crippen molar-refractivity contribution in [2.75, 3.05) is 39.4 Å². The summed E-state index contributed by atoms with van der Waals surface area (Å²) in [5, 5.41) is 6.72. The molecule has 2 fully saturated rings. The maximum absolute atomic E-state index is 12.1. The molecule has 0 bridgehead atoms. The van der Waals surface area contributed by atoms with Crippen LogP contribution in [0.1, 0.15) is 56.6 Å². The Labute approximate surface area is 209 Å². The second kappa shape index (κ2) is 14.6. The Morgan fingerprint density at radius 1 is 1.28 bits per heavy atom. The molecule has 180 valence electrons. The van der Waals surface area contributed by atoms with Gasteiger partial charge in [-0.3, -0.25) is 4.79 Å². The molecule has 2 heterocycles. The number of carbonyl (C=O) groups excluding carboxylic acids is 1. The molecule has 2 aliphatic heterocycles. The van der Waals surface area contributed by atoms with Gasteiger partial charge in [-0.1, -0.05) is 18.6 Å². The van der Waals surface area contributed by atoms with Gasteiger partial charge in [0.25, 0.3) is 0 Å². The highest BCUT2D eigenvalue weighted by Gasteiger charge is 2.19. The van der Waals surface area contributed by atoms with Gasteiger partial charge in [0.15, 0.2) is 5.96 Å². The van der Waals surface area contributed by atoms with Gasteiger partial charge < -0.3 is 25.0 Å². The number of hydrogen-bond acceptors (Lipinski definition) is 4. The highest BCUT2D eigenvalue weighted by atomic mass is 127. The fraction of sp³-hybridized carbons (Fsp3) is 0.667. The number of benzene rings is 1. The van der Waals surface area contributed by atoms with Gasteiger partial charge in [0.05, 0.1) is 19.8 Å². The van der Waals surface area contributed by atoms with Crippen molar-refractivity contribution in [2.24, 2.45) is 4.99 Å². The van der Waals surface area contributed by atoms with Crippen LogP contribution < -0.4 is 15.4 Å². The Morgan fingerprint density at radius 2 is 2.16 bits per heavy atom. The molecular weight excluding hydrogens is 519 g/mol. The summed E-state index contributed by atoms with van der Waals surface area (Å²) in [4.78, 5) is 18.9. The van der Waals surface area contributed by atoms with E-state index in [9.17, 15) is 4.79 Å². The molecule has 0 aromatic heterocycles. The van der Waals surface area contributed by atoms with Crippen LogP contribution in [-0.2, 0) is 16.1 Å². The molecule has 0 radical (unpaired) electrons. The Bertz CT molecular complexity index is 738. The average molecular weight is 559 g/mol. The Kier molecular flexibility index (Phi) is 12.2. The van der Waals surface area contributed by atoms with E-state index in [1.165, 1.54) is 5.56 Å². The Balaban J connectivity index is 0.00000363. The van der Waals surface area contributed by atoms with Crippen LogP contribution in [0.5, 0.6) is 5.75 Å². The minimum atomic E-state index is 0. The second-order valence-corrected chi connectivity index (χ2v) is 8.38. The number of nitrogens with one attached hydrogen (secondary N) is 2. The number of aliphatic imine (C=N–C) groups is 1. The van der Waals surface area contributed by atoms with E-state index in [2.05, 4.69) is 42.7 Å². The maximum atomic E-state index is 12.1. The summed E-state index contributed by atoms with van der Waals surface area (Å²) in [6.07, 6.45) is 5.98. The van der Waals surface area contributed by atoms with Crippen LogP contribution in [-0.4, -0.2) is 62.3 Å². The van der Waals surface area contributed by atoms with E-state index in [0.29, 0.717) is 25.5 Å². The highest BCUT2D eigenvalue weighted by Crippen LogP contribution is 2.24. The van der Waals surface area contributed by atoms with E-state index in [0.717, 1.165) is 82.2 Å². The van der Waals surface area contributed by atoms with Crippen LogP contribution >= 0.6 is 24.0 Å². The number of aryl methyl sites for hydroxylation is 1. The van der Waals surface area contributed by atoms with E-state index in [1.54, 1.807) is 0 Å². The van der Waals surface area contributed by atoms with E-state index in [1.807, 2.05) is 4.90 Å². The molecule has 2 aliphatic rings. The molecule has 1 amide bonds. The van der Waals surface area contributed by atoms with Crippen molar-refractivity contribution in [3.05, 3.63) is 29.3 Å². The molecule has 1 atom stereocenters. The lowest BCUT2D eigenvalue weighted by Crippen LogP contribution is -2.39. The van der Waals surface area contributed by atoms with Gasteiger partial charge in [-0.2, -0.15) is 0 Å². The number of nitrogens with zero attached hydrogens (tertiary/aromatic N) is 2. The van der Waals surface area contributed by atoms with Gasteiger partial charge in [0.2, 0.25) is 5.91 Å². The average Bonchev–Trinajstić information content (AvgIpc) is 3.18. The van der Waals surface area contributed by atoms with Crippen molar-refractivity contribution in [2.45, 2.75) is 65.0 Å². The van der Waals surface area contributed by atoms with E-state index < -0.39 is 0 Å². The van der Waals surface area contributed by atoms with Crippen molar-refractivity contribution >= 4 is 35.8 Å². The van der Waals surface area contributed by atoms with Crippen LogP contribution in [0.2, 0.25) is 0 Å². The standard InChI is InChI=1S/C24H38N4O3.HI/c1-3-25-24(26-12-7-14-28-13-6-4-5-8-23(28)29)27-17-20-10-9-19(2)16-22(20)31-21-11-15-30-18-21;/h9-10,16,21H,3-8,11-15,17-18H2,1-2H3,(H2,25,26,27);1H. The summed E-state index contributed by atoms with van der Waals surface area (Å²) in [5.41, 5.74) is 2.25. The maximum Gasteiger partial charge on any atom is 0.222 e. The molecule has 0 aliphatic carbocycles. The first kappa shape index (κ1) is 26.7. The molecule has 1 aromatic carbocycles. The minimum Gasteiger partial charge on any atom is -0.488 e. The van der Waals surface area contributed by atoms with Crippen molar-refractivity contribution in [1.82, 2.24) is 15.5 Å². The van der Waals surface area contributed by atoms with Crippen molar-refractivity contribution in [3.63, 3.8) is 0 Å². The number of likely N-dealkylation sites (tertiary alicyclic amines) is 1. The Hall–Kier alpha value is -1.55.